The van der Waals surface area contributed by atoms with E-state index in [0.29, 0.717) is 18.7 Å². The first-order valence-electron chi connectivity index (χ1n) is 8.77. The average Bonchev–Trinajstić information content (AvgIpc) is 2.58. The van der Waals surface area contributed by atoms with Crippen molar-refractivity contribution >= 4 is 21.6 Å². The van der Waals surface area contributed by atoms with Crippen molar-refractivity contribution in [3.63, 3.8) is 0 Å². The summed E-state index contributed by atoms with van der Waals surface area (Å²) in [5.41, 5.74) is -0.141. The van der Waals surface area contributed by atoms with Gasteiger partial charge in [-0.1, -0.05) is 24.3 Å². The molecule has 1 amide bonds. The summed E-state index contributed by atoms with van der Waals surface area (Å²) in [4.78, 5) is 12.2. The number of para-hydroxylation sites is 1. The van der Waals surface area contributed by atoms with Crippen LogP contribution < -0.4 is 14.8 Å². The molecule has 7 heteroatoms. The second-order valence-corrected chi connectivity index (χ2v) is 8.88. The SMILES string of the molecule is CC(C)(C)NS(=O)(=O)c1cccc(NC(=O)CCCOc2ccccc2)c1. The van der Waals surface area contributed by atoms with Crippen molar-refractivity contribution < 1.29 is 17.9 Å². The third-order valence-electron chi connectivity index (χ3n) is 3.43. The quantitative estimate of drug-likeness (QED) is 0.675. The third-order valence-corrected chi connectivity index (χ3v) is 5.18. The minimum Gasteiger partial charge on any atom is -0.494 e. The Hall–Kier alpha value is -2.38. The highest BCUT2D eigenvalue weighted by atomic mass is 32.2. The number of sulfonamides is 1. The zero-order valence-electron chi connectivity index (χ0n) is 15.9. The van der Waals surface area contributed by atoms with Crippen molar-refractivity contribution in [1.29, 1.82) is 0 Å². The van der Waals surface area contributed by atoms with Gasteiger partial charge in [0.25, 0.3) is 0 Å². The van der Waals surface area contributed by atoms with E-state index in [1.54, 1.807) is 32.9 Å². The van der Waals surface area contributed by atoms with Gasteiger partial charge in [0.05, 0.1) is 11.5 Å². The van der Waals surface area contributed by atoms with Crippen molar-refractivity contribution in [3.05, 3.63) is 54.6 Å². The lowest BCUT2D eigenvalue weighted by molar-refractivity contribution is -0.116. The van der Waals surface area contributed by atoms with Crippen molar-refractivity contribution in [2.24, 2.45) is 0 Å². The molecular formula is C20H26N2O4S. The molecule has 0 atom stereocenters. The predicted molar refractivity (Wildman–Crippen MR) is 106 cm³/mol. The number of nitrogens with one attached hydrogen (secondary N) is 2. The molecule has 0 radical (unpaired) electrons. The van der Waals surface area contributed by atoms with Gasteiger partial charge in [-0.3, -0.25) is 4.79 Å². The van der Waals surface area contributed by atoms with Gasteiger partial charge in [-0.25, -0.2) is 13.1 Å². The fraction of sp³-hybridized carbons (Fsp3) is 0.350. The Balaban J connectivity index is 1.87. The zero-order valence-corrected chi connectivity index (χ0v) is 16.7. The van der Waals surface area contributed by atoms with Crippen LogP contribution in [-0.4, -0.2) is 26.5 Å². The number of carbonyl (C=O) groups is 1. The number of rotatable bonds is 8. The second kappa shape index (κ2) is 9.01. The van der Waals surface area contributed by atoms with E-state index >= 15 is 0 Å². The molecular weight excluding hydrogens is 364 g/mol. The molecule has 0 heterocycles. The summed E-state index contributed by atoms with van der Waals surface area (Å²) in [5.74, 6) is 0.576. The number of ether oxygens (including phenoxy) is 1. The van der Waals surface area contributed by atoms with Gasteiger partial charge in [0.15, 0.2) is 0 Å². The number of amides is 1. The van der Waals surface area contributed by atoms with Crippen LogP contribution in [-0.2, 0) is 14.8 Å². The van der Waals surface area contributed by atoms with Gasteiger partial charge in [-0.15, -0.1) is 0 Å². The van der Waals surface area contributed by atoms with Crippen molar-refractivity contribution in [3.8, 4) is 5.75 Å². The first-order chi connectivity index (χ1) is 12.7. The van der Waals surface area contributed by atoms with Crippen LogP contribution >= 0.6 is 0 Å². The molecule has 0 saturated carbocycles. The Kier molecular flexibility index (Phi) is 6.98. The Morgan fingerprint density at radius 3 is 2.41 bits per heavy atom. The van der Waals surface area contributed by atoms with E-state index in [4.69, 9.17) is 4.74 Å². The Morgan fingerprint density at radius 1 is 1.04 bits per heavy atom. The second-order valence-electron chi connectivity index (χ2n) is 7.20. The minimum absolute atomic E-state index is 0.114. The molecule has 2 aromatic rings. The number of carbonyl (C=O) groups excluding carboxylic acids is 1. The fourth-order valence-corrected chi connectivity index (χ4v) is 3.83. The zero-order chi connectivity index (χ0) is 19.9. The van der Waals surface area contributed by atoms with Gasteiger partial charge >= 0.3 is 0 Å². The van der Waals surface area contributed by atoms with Crippen LogP contribution in [0.25, 0.3) is 0 Å². The molecule has 0 spiro atoms. The normalized spacial score (nSPS) is 11.8. The molecule has 0 aliphatic heterocycles. The summed E-state index contributed by atoms with van der Waals surface area (Å²) in [5, 5.41) is 2.73. The number of hydrogen-bond acceptors (Lipinski definition) is 4. The Labute approximate surface area is 161 Å². The summed E-state index contributed by atoms with van der Waals surface area (Å²) < 4.78 is 32.9. The van der Waals surface area contributed by atoms with E-state index in [-0.39, 0.29) is 17.2 Å². The summed E-state index contributed by atoms with van der Waals surface area (Å²) >= 11 is 0. The molecule has 0 bridgehead atoms. The number of hydrogen-bond donors (Lipinski definition) is 2. The summed E-state index contributed by atoms with van der Waals surface area (Å²) in [6, 6.07) is 15.6. The number of anilines is 1. The van der Waals surface area contributed by atoms with Crippen molar-refractivity contribution in [1.82, 2.24) is 4.72 Å². The van der Waals surface area contributed by atoms with Crippen LogP contribution in [0, 0.1) is 0 Å². The van der Waals surface area contributed by atoms with Gasteiger partial charge < -0.3 is 10.1 Å². The molecule has 2 N–H and O–H groups in total. The maximum absolute atomic E-state index is 12.4. The molecule has 0 aliphatic rings. The molecule has 0 fully saturated rings. The molecule has 6 nitrogen and oxygen atoms in total. The van der Waals surface area contributed by atoms with Gasteiger partial charge in [0.1, 0.15) is 5.75 Å². The minimum atomic E-state index is -3.65. The predicted octanol–water partition coefficient (Wildman–Crippen LogP) is 3.56. The fourth-order valence-electron chi connectivity index (χ4n) is 2.37. The summed E-state index contributed by atoms with van der Waals surface area (Å²) in [6.45, 7) is 5.75. The van der Waals surface area contributed by atoms with Crippen LogP contribution in [0.2, 0.25) is 0 Å². The summed E-state index contributed by atoms with van der Waals surface area (Å²) in [7, 11) is -3.65. The molecule has 2 aromatic carbocycles. The highest BCUT2D eigenvalue weighted by Crippen LogP contribution is 2.18. The van der Waals surface area contributed by atoms with Crippen LogP contribution in [0.5, 0.6) is 5.75 Å². The van der Waals surface area contributed by atoms with Crippen molar-refractivity contribution in [2.45, 2.75) is 44.0 Å². The van der Waals surface area contributed by atoms with Crippen LogP contribution in [0.3, 0.4) is 0 Å². The maximum atomic E-state index is 12.4. The van der Waals surface area contributed by atoms with E-state index in [9.17, 15) is 13.2 Å². The van der Waals surface area contributed by atoms with E-state index in [1.807, 2.05) is 30.3 Å². The van der Waals surface area contributed by atoms with Gasteiger partial charge in [-0.2, -0.15) is 0 Å². The molecule has 0 unspecified atom stereocenters. The molecule has 0 aliphatic carbocycles. The van der Waals surface area contributed by atoms with Gasteiger partial charge in [-0.05, 0) is 57.5 Å². The van der Waals surface area contributed by atoms with Gasteiger partial charge in [0.2, 0.25) is 15.9 Å². The summed E-state index contributed by atoms with van der Waals surface area (Å²) in [6.07, 6.45) is 0.842. The third kappa shape index (κ3) is 7.40. The molecule has 146 valence electrons. The number of benzene rings is 2. The Bertz CT molecular complexity index is 859. The largest absolute Gasteiger partial charge is 0.494 e. The Morgan fingerprint density at radius 2 is 1.74 bits per heavy atom. The standard InChI is InChI=1S/C20H26N2O4S/c1-20(2,3)22-27(24,25)18-12-7-9-16(15-18)21-19(23)13-8-14-26-17-10-5-4-6-11-17/h4-7,9-12,15,22H,8,13-14H2,1-3H3,(H,21,23). The smallest absolute Gasteiger partial charge is 0.241 e. The monoisotopic (exact) mass is 390 g/mol. The maximum Gasteiger partial charge on any atom is 0.241 e. The molecule has 0 saturated heterocycles. The topological polar surface area (TPSA) is 84.5 Å². The van der Waals surface area contributed by atoms with Gasteiger partial charge in [0, 0.05) is 17.6 Å². The van der Waals surface area contributed by atoms with E-state index < -0.39 is 15.6 Å². The molecule has 2 rings (SSSR count). The highest BCUT2D eigenvalue weighted by molar-refractivity contribution is 7.89. The molecule has 27 heavy (non-hydrogen) atoms. The van der Waals surface area contributed by atoms with Crippen LogP contribution in [0.1, 0.15) is 33.6 Å². The average molecular weight is 391 g/mol. The lowest BCUT2D eigenvalue weighted by Gasteiger charge is -2.20. The first kappa shape index (κ1) is 20.9. The van der Waals surface area contributed by atoms with E-state index in [2.05, 4.69) is 10.0 Å². The van der Waals surface area contributed by atoms with E-state index in [1.165, 1.54) is 12.1 Å². The van der Waals surface area contributed by atoms with Crippen LogP contribution in [0.4, 0.5) is 5.69 Å². The lowest BCUT2D eigenvalue weighted by atomic mass is 10.1. The van der Waals surface area contributed by atoms with Crippen LogP contribution in [0.15, 0.2) is 59.5 Å². The first-order valence-corrected chi connectivity index (χ1v) is 10.3. The van der Waals surface area contributed by atoms with Crippen molar-refractivity contribution in [2.75, 3.05) is 11.9 Å². The molecule has 0 aromatic heterocycles. The highest BCUT2D eigenvalue weighted by Gasteiger charge is 2.22. The lowest BCUT2D eigenvalue weighted by Crippen LogP contribution is -2.40. The van der Waals surface area contributed by atoms with E-state index in [0.717, 1.165) is 5.75 Å².